The minimum Gasteiger partial charge on any atom is -0.335 e. The highest BCUT2D eigenvalue weighted by atomic mass is 16.6. The first-order valence-corrected chi connectivity index (χ1v) is 5.57. The average Bonchev–Trinajstić information content (AvgIpc) is 2.35. The molecule has 1 aliphatic rings. The zero-order chi connectivity index (χ0) is 13.1. The highest BCUT2D eigenvalue weighted by Gasteiger charge is 2.29. The molecule has 2 N–H and O–H groups in total. The number of rotatable bonds is 3. The quantitative estimate of drug-likeness (QED) is 0.758. The van der Waals surface area contributed by atoms with Crippen LogP contribution >= 0.6 is 0 Å². The first-order valence-electron chi connectivity index (χ1n) is 5.57. The van der Waals surface area contributed by atoms with Gasteiger partial charge in [-0.3, -0.25) is 14.4 Å². The Labute approximate surface area is 105 Å². The van der Waals surface area contributed by atoms with Gasteiger partial charge in [-0.05, 0) is 6.07 Å². The molecule has 1 aliphatic heterocycles. The van der Waals surface area contributed by atoms with Gasteiger partial charge < -0.3 is 9.80 Å². The molecule has 6 nitrogen and oxygen atoms in total. The van der Waals surface area contributed by atoms with Crippen LogP contribution in [0.5, 0.6) is 0 Å². The average molecular weight is 249 g/mol. The number of likely N-dealkylation sites (N-methyl/N-ethyl adjacent to an activating group) is 1. The van der Waals surface area contributed by atoms with Crippen molar-refractivity contribution in [2.45, 2.75) is 6.61 Å². The molecule has 0 saturated carbocycles. The molecule has 2 rings (SSSR count). The molecule has 96 valence electrons. The van der Waals surface area contributed by atoms with Gasteiger partial charge in [-0.2, -0.15) is 0 Å². The number of hydrogen-bond donors (Lipinski definition) is 1. The fourth-order valence-corrected chi connectivity index (χ4v) is 1.93. The van der Waals surface area contributed by atoms with Crippen molar-refractivity contribution >= 4 is 17.5 Å². The second-order valence-electron chi connectivity index (χ2n) is 4.17. The lowest BCUT2D eigenvalue weighted by Crippen LogP contribution is -2.52. The highest BCUT2D eigenvalue weighted by molar-refractivity contribution is 6.04. The predicted molar refractivity (Wildman–Crippen MR) is 65.4 cm³/mol. The summed E-state index contributed by atoms with van der Waals surface area (Å²) in [4.78, 5) is 31.1. The van der Waals surface area contributed by atoms with E-state index in [1.807, 2.05) is 18.2 Å². The van der Waals surface area contributed by atoms with Gasteiger partial charge in [0.2, 0.25) is 11.8 Å². The summed E-state index contributed by atoms with van der Waals surface area (Å²) in [6.07, 6.45) is 0. The van der Waals surface area contributed by atoms with Crippen LogP contribution in [-0.2, 0) is 21.0 Å². The third kappa shape index (κ3) is 2.34. The molecule has 0 bridgehead atoms. The SMILES string of the molecule is CN1CC(=O)N(c2ccccc2CON)CC1=O. The van der Waals surface area contributed by atoms with E-state index < -0.39 is 0 Å². The largest absolute Gasteiger partial charge is 0.335 e. The molecule has 1 saturated heterocycles. The summed E-state index contributed by atoms with van der Waals surface area (Å²) in [6.45, 7) is 0.345. The Morgan fingerprint density at radius 1 is 1.22 bits per heavy atom. The van der Waals surface area contributed by atoms with Gasteiger partial charge in [-0.1, -0.05) is 18.2 Å². The van der Waals surface area contributed by atoms with E-state index in [1.54, 1.807) is 13.1 Å². The molecule has 0 aliphatic carbocycles. The van der Waals surface area contributed by atoms with Crippen LogP contribution in [0.2, 0.25) is 0 Å². The van der Waals surface area contributed by atoms with Crippen molar-refractivity contribution in [3.05, 3.63) is 29.8 Å². The molecule has 1 heterocycles. The van der Waals surface area contributed by atoms with Gasteiger partial charge in [0.15, 0.2) is 0 Å². The monoisotopic (exact) mass is 249 g/mol. The lowest BCUT2D eigenvalue weighted by Gasteiger charge is -2.32. The summed E-state index contributed by atoms with van der Waals surface area (Å²) in [7, 11) is 1.62. The number of hydrogen-bond acceptors (Lipinski definition) is 4. The Morgan fingerprint density at radius 3 is 2.67 bits per heavy atom. The van der Waals surface area contributed by atoms with E-state index in [0.717, 1.165) is 5.56 Å². The second-order valence-corrected chi connectivity index (χ2v) is 4.17. The molecule has 1 fully saturated rings. The van der Waals surface area contributed by atoms with E-state index >= 15 is 0 Å². The van der Waals surface area contributed by atoms with Gasteiger partial charge in [-0.25, -0.2) is 5.90 Å². The van der Waals surface area contributed by atoms with Gasteiger partial charge >= 0.3 is 0 Å². The summed E-state index contributed by atoms with van der Waals surface area (Å²) in [5, 5.41) is 0. The van der Waals surface area contributed by atoms with Crippen LogP contribution < -0.4 is 10.8 Å². The van der Waals surface area contributed by atoms with E-state index in [9.17, 15) is 9.59 Å². The fraction of sp³-hybridized carbons (Fsp3) is 0.333. The first kappa shape index (κ1) is 12.5. The van der Waals surface area contributed by atoms with Crippen molar-refractivity contribution in [3.63, 3.8) is 0 Å². The molecule has 18 heavy (non-hydrogen) atoms. The van der Waals surface area contributed by atoms with Crippen molar-refractivity contribution in [2.75, 3.05) is 25.0 Å². The summed E-state index contributed by atoms with van der Waals surface area (Å²) >= 11 is 0. The third-order valence-electron chi connectivity index (χ3n) is 2.91. The number of nitrogens with zero attached hydrogens (tertiary/aromatic N) is 2. The summed E-state index contributed by atoms with van der Waals surface area (Å²) < 4.78 is 0. The number of benzene rings is 1. The minimum absolute atomic E-state index is 0.0525. The van der Waals surface area contributed by atoms with Gasteiger partial charge in [-0.15, -0.1) is 0 Å². The van der Waals surface area contributed by atoms with E-state index in [1.165, 1.54) is 9.80 Å². The van der Waals surface area contributed by atoms with Crippen molar-refractivity contribution in [1.82, 2.24) is 4.90 Å². The molecule has 0 atom stereocenters. The maximum Gasteiger partial charge on any atom is 0.247 e. The minimum atomic E-state index is -0.110. The molecule has 2 amide bonds. The zero-order valence-electron chi connectivity index (χ0n) is 10.1. The molecule has 0 unspecified atom stereocenters. The topological polar surface area (TPSA) is 75.9 Å². The lowest BCUT2D eigenvalue weighted by atomic mass is 10.1. The predicted octanol–water partition coefficient (Wildman–Crippen LogP) is -0.118. The van der Waals surface area contributed by atoms with Gasteiger partial charge in [0.25, 0.3) is 0 Å². The Bertz CT molecular complexity index is 475. The maximum absolute atomic E-state index is 12.0. The number of amides is 2. The molecular weight excluding hydrogens is 234 g/mol. The first-order chi connectivity index (χ1) is 8.63. The number of piperazine rings is 1. The van der Waals surface area contributed by atoms with Crippen LogP contribution in [0.15, 0.2) is 24.3 Å². The Morgan fingerprint density at radius 2 is 1.94 bits per heavy atom. The lowest BCUT2D eigenvalue weighted by molar-refractivity contribution is -0.136. The summed E-state index contributed by atoms with van der Waals surface area (Å²) in [5.41, 5.74) is 1.46. The van der Waals surface area contributed by atoms with Crippen LogP contribution in [-0.4, -0.2) is 36.9 Å². The Balaban J connectivity index is 2.30. The molecule has 6 heteroatoms. The molecule has 0 radical (unpaired) electrons. The van der Waals surface area contributed by atoms with Gasteiger partial charge in [0.05, 0.1) is 13.2 Å². The van der Waals surface area contributed by atoms with Crippen molar-refractivity contribution in [2.24, 2.45) is 5.90 Å². The fourth-order valence-electron chi connectivity index (χ4n) is 1.93. The Hall–Kier alpha value is -1.92. The third-order valence-corrected chi connectivity index (χ3v) is 2.91. The Kier molecular flexibility index (Phi) is 3.59. The van der Waals surface area contributed by atoms with Gasteiger partial charge in [0, 0.05) is 18.3 Å². The maximum atomic E-state index is 12.0. The molecule has 1 aromatic rings. The van der Waals surface area contributed by atoms with E-state index in [-0.39, 0.29) is 31.5 Å². The van der Waals surface area contributed by atoms with Crippen molar-refractivity contribution < 1.29 is 14.4 Å². The number of nitrogens with two attached hydrogens (primary N) is 1. The number of anilines is 1. The summed E-state index contributed by atoms with van der Waals surface area (Å²) in [6, 6.07) is 7.24. The van der Waals surface area contributed by atoms with E-state index in [0.29, 0.717) is 5.69 Å². The number of carbonyl (C=O) groups excluding carboxylic acids is 2. The smallest absolute Gasteiger partial charge is 0.247 e. The van der Waals surface area contributed by atoms with Crippen molar-refractivity contribution in [1.29, 1.82) is 0 Å². The van der Waals surface area contributed by atoms with Crippen LogP contribution in [0, 0.1) is 0 Å². The van der Waals surface area contributed by atoms with Crippen LogP contribution in [0.25, 0.3) is 0 Å². The van der Waals surface area contributed by atoms with Crippen molar-refractivity contribution in [3.8, 4) is 0 Å². The highest BCUT2D eigenvalue weighted by Crippen LogP contribution is 2.22. The van der Waals surface area contributed by atoms with Crippen LogP contribution in [0.1, 0.15) is 5.56 Å². The summed E-state index contributed by atoms with van der Waals surface area (Å²) in [5.74, 6) is 4.87. The molecular formula is C12H15N3O3. The molecule has 0 spiro atoms. The number of para-hydroxylation sites is 1. The van der Waals surface area contributed by atoms with Crippen LogP contribution in [0.3, 0.4) is 0 Å². The molecule has 0 aromatic heterocycles. The second kappa shape index (κ2) is 5.16. The van der Waals surface area contributed by atoms with E-state index in [2.05, 4.69) is 4.84 Å². The standard InChI is InChI=1S/C12H15N3O3/c1-14-6-12(17)15(7-11(14)16)10-5-3-2-4-9(10)8-18-13/h2-5H,6-8,13H2,1H3. The zero-order valence-corrected chi connectivity index (χ0v) is 10.1. The normalized spacial score (nSPS) is 16.3. The number of carbonyl (C=O) groups is 2. The van der Waals surface area contributed by atoms with Gasteiger partial charge in [0.1, 0.15) is 6.54 Å². The van der Waals surface area contributed by atoms with Crippen LogP contribution in [0.4, 0.5) is 5.69 Å². The van der Waals surface area contributed by atoms with E-state index in [4.69, 9.17) is 5.90 Å². The molecule has 1 aromatic carbocycles.